The third-order valence-corrected chi connectivity index (χ3v) is 3.21. The lowest BCUT2D eigenvalue weighted by molar-refractivity contribution is -0.141. The Hall–Kier alpha value is -1.88. The van der Waals surface area contributed by atoms with Crippen molar-refractivity contribution in [2.75, 3.05) is 0 Å². The second-order valence-electron chi connectivity index (χ2n) is 4.69. The van der Waals surface area contributed by atoms with Gasteiger partial charge >= 0.3 is 5.97 Å². The van der Waals surface area contributed by atoms with Gasteiger partial charge in [0.05, 0.1) is 23.3 Å². The van der Waals surface area contributed by atoms with Crippen molar-refractivity contribution in [3.63, 3.8) is 0 Å². The maximum atomic E-state index is 10.8. The maximum Gasteiger partial charge on any atom is 0.306 e. The molecule has 0 fully saturated rings. The van der Waals surface area contributed by atoms with Gasteiger partial charge < -0.3 is 15.4 Å². The Morgan fingerprint density at radius 2 is 2.28 bits per heavy atom. The number of hydrogen-bond donors (Lipinski definition) is 2. The Morgan fingerprint density at radius 1 is 1.56 bits per heavy atom. The Labute approximate surface area is 105 Å². The summed E-state index contributed by atoms with van der Waals surface area (Å²) in [6.07, 6.45) is 2.17. The molecule has 1 aromatic carbocycles. The molecule has 0 saturated heterocycles. The number of rotatable bonds is 4. The summed E-state index contributed by atoms with van der Waals surface area (Å²) in [4.78, 5) is 15.1. The first-order chi connectivity index (χ1) is 8.49. The van der Waals surface area contributed by atoms with Crippen molar-refractivity contribution < 1.29 is 9.90 Å². The van der Waals surface area contributed by atoms with Crippen molar-refractivity contribution in [3.8, 4) is 0 Å². The van der Waals surface area contributed by atoms with E-state index < -0.39 is 11.9 Å². The van der Waals surface area contributed by atoms with Gasteiger partial charge in [0.25, 0.3) is 0 Å². The van der Waals surface area contributed by atoms with Crippen LogP contribution in [-0.4, -0.2) is 20.6 Å². The molecular weight excluding hydrogens is 230 g/mol. The molecule has 0 saturated carbocycles. The molecule has 0 radical (unpaired) electrons. The second kappa shape index (κ2) is 4.78. The summed E-state index contributed by atoms with van der Waals surface area (Å²) in [6, 6.07) is 5.54. The monoisotopic (exact) mass is 247 g/mol. The standard InChI is InChI=1S/C13H17N3O2/c1-8(13(17)18)5-10(14)9-3-4-12-11(6-9)15-7-16(12)2/h3-4,6-8,10H,5,14H2,1-2H3,(H,17,18). The molecule has 0 spiro atoms. The smallest absolute Gasteiger partial charge is 0.306 e. The number of nitrogens with two attached hydrogens (primary N) is 1. The van der Waals surface area contributed by atoms with E-state index in [2.05, 4.69) is 4.98 Å². The number of aryl methyl sites for hydroxylation is 1. The van der Waals surface area contributed by atoms with E-state index in [0.29, 0.717) is 6.42 Å². The third-order valence-electron chi connectivity index (χ3n) is 3.21. The molecule has 0 amide bonds. The second-order valence-corrected chi connectivity index (χ2v) is 4.69. The van der Waals surface area contributed by atoms with Crippen LogP contribution in [0.2, 0.25) is 0 Å². The number of hydrogen-bond acceptors (Lipinski definition) is 3. The number of carbonyl (C=O) groups is 1. The molecule has 2 unspecified atom stereocenters. The average Bonchev–Trinajstić information content (AvgIpc) is 2.70. The quantitative estimate of drug-likeness (QED) is 0.861. The Kier molecular flexibility index (Phi) is 3.34. The molecule has 5 nitrogen and oxygen atoms in total. The fourth-order valence-electron chi connectivity index (χ4n) is 2.00. The highest BCUT2D eigenvalue weighted by Gasteiger charge is 2.17. The van der Waals surface area contributed by atoms with E-state index in [1.54, 1.807) is 13.3 Å². The Bertz CT molecular complexity index is 577. The summed E-state index contributed by atoms with van der Waals surface area (Å²) >= 11 is 0. The molecule has 1 heterocycles. The number of carboxylic acids is 1. The van der Waals surface area contributed by atoms with Crippen molar-refractivity contribution in [2.24, 2.45) is 18.7 Å². The van der Waals surface area contributed by atoms with Crippen LogP contribution < -0.4 is 5.73 Å². The first kappa shape index (κ1) is 12.6. The Balaban J connectivity index is 2.22. The lowest BCUT2D eigenvalue weighted by Crippen LogP contribution is -2.19. The minimum absolute atomic E-state index is 0.275. The molecule has 2 atom stereocenters. The van der Waals surface area contributed by atoms with Crippen molar-refractivity contribution in [1.29, 1.82) is 0 Å². The highest BCUT2D eigenvalue weighted by molar-refractivity contribution is 5.76. The zero-order chi connectivity index (χ0) is 13.3. The van der Waals surface area contributed by atoms with Crippen molar-refractivity contribution in [1.82, 2.24) is 9.55 Å². The van der Waals surface area contributed by atoms with Gasteiger partial charge in [-0.3, -0.25) is 4.79 Å². The minimum atomic E-state index is -0.815. The number of carboxylic acid groups (broad SMARTS) is 1. The van der Waals surface area contributed by atoms with Gasteiger partial charge in [0.15, 0.2) is 0 Å². The number of aromatic nitrogens is 2. The van der Waals surface area contributed by atoms with E-state index in [1.165, 1.54) is 0 Å². The topological polar surface area (TPSA) is 81.1 Å². The van der Waals surface area contributed by atoms with E-state index in [4.69, 9.17) is 10.8 Å². The highest BCUT2D eigenvalue weighted by Crippen LogP contribution is 2.22. The van der Waals surface area contributed by atoms with Crippen LogP contribution in [0.3, 0.4) is 0 Å². The fourth-order valence-corrected chi connectivity index (χ4v) is 2.00. The van der Waals surface area contributed by atoms with Gasteiger partial charge in [-0.25, -0.2) is 4.98 Å². The lowest BCUT2D eigenvalue weighted by atomic mass is 9.96. The molecule has 1 aromatic heterocycles. The number of fused-ring (bicyclic) bond motifs is 1. The van der Waals surface area contributed by atoms with Crippen LogP contribution in [0.25, 0.3) is 11.0 Å². The number of nitrogens with zero attached hydrogens (tertiary/aromatic N) is 2. The number of aliphatic carboxylic acids is 1. The van der Waals surface area contributed by atoms with E-state index in [0.717, 1.165) is 16.6 Å². The highest BCUT2D eigenvalue weighted by atomic mass is 16.4. The molecule has 96 valence electrons. The van der Waals surface area contributed by atoms with Crippen LogP contribution in [0.15, 0.2) is 24.5 Å². The molecule has 3 N–H and O–H groups in total. The van der Waals surface area contributed by atoms with Gasteiger partial charge in [0, 0.05) is 13.1 Å². The zero-order valence-electron chi connectivity index (χ0n) is 10.5. The molecule has 0 aliphatic heterocycles. The summed E-state index contributed by atoms with van der Waals surface area (Å²) in [5.74, 6) is -1.26. The van der Waals surface area contributed by atoms with Crippen LogP contribution in [0.5, 0.6) is 0 Å². The van der Waals surface area contributed by atoms with E-state index in [9.17, 15) is 4.79 Å². The summed E-state index contributed by atoms with van der Waals surface area (Å²) in [5.41, 5.74) is 8.88. The normalized spacial score (nSPS) is 14.6. The van der Waals surface area contributed by atoms with Crippen molar-refractivity contribution in [2.45, 2.75) is 19.4 Å². The minimum Gasteiger partial charge on any atom is -0.481 e. The van der Waals surface area contributed by atoms with Crippen LogP contribution in [-0.2, 0) is 11.8 Å². The average molecular weight is 247 g/mol. The van der Waals surface area contributed by atoms with E-state index >= 15 is 0 Å². The molecule has 0 bridgehead atoms. The van der Waals surface area contributed by atoms with Gasteiger partial charge in [-0.15, -0.1) is 0 Å². The van der Waals surface area contributed by atoms with Crippen LogP contribution in [0.1, 0.15) is 24.9 Å². The van der Waals surface area contributed by atoms with Crippen LogP contribution in [0.4, 0.5) is 0 Å². The fraction of sp³-hybridized carbons (Fsp3) is 0.385. The predicted molar refractivity (Wildman–Crippen MR) is 69.1 cm³/mol. The van der Waals surface area contributed by atoms with Crippen LogP contribution in [0, 0.1) is 5.92 Å². The lowest BCUT2D eigenvalue weighted by Gasteiger charge is -2.14. The Morgan fingerprint density at radius 3 is 2.94 bits per heavy atom. The molecular formula is C13H17N3O2. The summed E-state index contributed by atoms with van der Waals surface area (Å²) in [5, 5.41) is 8.88. The van der Waals surface area contributed by atoms with Gasteiger partial charge in [0.1, 0.15) is 0 Å². The molecule has 0 aliphatic rings. The molecule has 2 rings (SSSR count). The first-order valence-corrected chi connectivity index (χ1v) is 5.88. The van der Waals surface area contributed by atoms with E-state index in [-0.39, 0.29) is 6.04 Å². The van der Waals surface area contributed by atoms with Crippen molar-refractivity contribution >= 4 is 17.0 Å². The van der Waals surface area contributed by atoms with Crippen molar-refractivity contribution in [3.05, 3.63) is 30.1 Å². The SMILES string of the molecule is CC(CC(N)c1ccc2c(c1)ncn2C)C(=O)O. The van der Waals surface area contributed by atoms with Crippen LogP contribution >= 0.6 is 0 Å². The third kappa shape index (κ3) is 2.36. The molecule has 2 aromatic rings. The zero-order valence-corrected chi connectivity index (χ0v) is 10.5. The van der Waals surface area contributed by atoms with Gasteiger partial charge in [-0.2, -0.15) is 0 Å². The summed E-state index contributed by atoms with van der Waals surface area (Å²) in [7, 11) is 1.93. The first-order valence-electron chi connectivity index (χ1n) is 5.88. The van der Waals surface area contributed by atoms with Gasteiger partial charge in [-0.05, 0) is 24.1 Å². The van der Waals surface area contributed by atoms with Gasteiger partial charge in [0.2, 0.25) is 0 Å². The largest absolute Gasteiger partial charge is 0.481 e. The molecule has 18 heavy (non-hydrogen) atoms. The summed E-state index contributed by atoms with van der Waals surface area (Å²) in [6.45, 7) is 1.67. The van der Waals surface area contributed by atoms with E-state index in [1.807, 2.05) is 29.8 Å². The molecule has 0 aliphatic carbocycles. The maximum absolute atomic E-state index is 10.8. The molecule has 5 heteroatoms. The number of imidazole rings is 1. The number of benzene rings is 1. The van der Waals surface area contributed by atoms with Gasteiger partial charge in [-0.1, -0.05) is 13.0 Å². The predicted octanol–water partition coefficient (Wildman–Crippen LogP) is 1.68. The summed E-state index contributed by atoms with van der Waals surface area (Å²) < 4.78 is 1.94.